The molecule has 3 heterocycles. The molecule has 6 atom stereocenters. The van der Waals surface area contributed by atoms with Gasteiger partial charge in [-0.1, -0.05) is 20.8 Å². The number of carbonyl (C=O) groups excluding carboxylic acids is 3. The molecule has 2 spiro atoms. The Morgan fingerprint density at radius 1 is 1.25 bits per heavy atom. The summed E-state index contributed by atoms with van der Waals surface area (Å²) in [4.78, 5) is 37.1. The predicted molar refractivity (Wildman–Crippen MR) is 75.3 cm³/mol. The van der Waals surface area contributed by atoms with Crippen LogP contribution in [0, 0.1) is 16.2 Å². The van der Waals surface area contributed by atoms with Gasteiger partial charge in [0, 0.05) is 6.42 Å². The summed E-state index contributed by atoms with van der Waals surface area (Å²) in [7, 11) is 0. The van der Waals surface area contributed by atoms with E-state index in [-0.39, 0.29) is 12.8 Å². The molecule has 4 aliphatic rings. The van der Waals surface area contributed by atoms with Crippen LogP contribution in [-0.4, -0.2) is 57.1 Å². The van der Waals surface area contributed by atoms with Crippen molar-refractivity contribution in [1.82, 2.24) is 5.01 Å². The summed E-state index contributed by atoms with van der Waals surface area (Å²) in [6, 6.07) is 0. The highest BCUT2D eigenvalue weighted by Crippen LogP contribution is 2.75. The van der Waals surface area contributed by atoms with Crippen LogP contribution in [0.1, 0.15) is 33.6 Å². The molecule has 0 aromatic rings. The first kappa shape index (κ1) is 15.8. The van der Waals surface area contributed by atoms with E-state index in [0.717, 1.165) is 0 Å². The smallest absolute Gasteiger partial charge is 0.319 e. The van der Waals surface area contributed by atoms with Crippen LogP contribution >= 0.6 is 0 Å². The summed E-state index contributed by atoms with van der Waals surface area (Å²) in [6.07, 6.45) is -4.53. The number of esters is 2. The van der Waals surface area contributed by atoms with Crippen molar-refractivity contribution in [1.29, 1.82) is 0 Å². The molecule has 0 aromatic heterocycles. The molecule has 0 aromatic carbocycles. The number of aliphatic hydroxyl groups is 2. The molecule has 4 N–H and O–H groups in total. The monoisotopic (exact) mass is 340 g/mol. The van der Waals surface area contributed by atoms with Crippen molar-refractivity contribution in [2.75, 3.05) is 0 Å². The first-order valence-electron chi connectivity index (χ1n) is 7.84. The number of hydrazine groups is 1. The minimum atomic E-state index is -1.78. The molecule has 0 unspecified atom stereocenters. The largest absolute Gasteiger partial charge is 0.461 e. The van der Waals surface area contributed by atoms with Gasteiger partial charge in [-0.2, -0.15) is 0 Å². The van der Waals surface area contributed by atoms with Crippen molar-refractivity contribution in [2.24, 2.45) is 22.1 Å². The van der Waals surface area contributed by atoms with E-state index < -0.39 is 58.1 Å². The van der Waals surface area contributed by atoms with Crippen LogP contribution in [0.25, 0.3) is 0 Å². The quantitative estimate of drug-likeness (QED) is 0.273. The van der Waals surface area contributed by atoms with Crippen molar-refractivity contribution in [3.05, 3.63) is 0 Å². The highest BCUT2D eigenvalue weighted by atomic mass is 16.6. The Kier molecular flexibility index (Phi) is 2.58. The first-order valence-corrected chi connectivity index (χ1v) is 7.84. The van der Waals surface area contributed by atoms with Crippen molar-refractivity contribution >= 4 is 17.8 Å². The molecule has 4 fully saturated rings. The fourth-order valence-corrected chi connectivity index (χ4v) is 5.43. The summed E-state index contributed by atoms with van der Waals surface area (Å²) in [5.41, 5.74) is -5.96. The molecular weight excluding hydrogens is 320 g/mol. The molecule has 0 radical (unpaired) electrons. The third kappa shape index (κ3) is 1.20. The molecule has 1 aliphatic carbocycles. The highest BCUT2D eigenvalue weighted by molar-refractivity contribution is 5.96. The molecular formula is C15H20N2O7. The second-order valence-electron chi connectivity index (χ2n) is 8.22. The standard InChI is InChI=1S/C15H20N2O7/c1-12(2,3)14(22)4-6-13(5-7(18)23-6)11(21)24-10-15(13,14)8(19)9(20)17(10)16/h6,8,10,19,22H,4-5,16H2,1-3H3/t6-,8-,10-,13-,14+,15+/m0/s1. The number of ether oxygens (including phenoxy) is 2. The number of nitrogens with two attached hydrogens (primary N) is 1. The van der Waals surface area contributed by atoms with E-state index in [1.165, 1.54) is 0 Å². The summed E-state index contributed by atoms with van der Waals surface area (Å²) in [5.74, 6) is 3.51. The number of rotatable bonds is 0. The number of aliphatic hydroxyl groups excluding tert-OH is 1. The molecule has 24 heavy (non-hydrogen) atoms. The zero-order valence-electron chi connectivity index (χ0n) is 13.6. The van der Waals surface area contributed by atoms with Gasteiger partial charge in [0.2, 0.25) is 6.23 Å². The molecule has 3 aliphatic heterocycles. The van der Waals surface area contributed by atoms with Gasteiger partial charge in [0.15, 0.2) is 0 Å². The molecule has 3 saturated heterocycles. The fraction of sp³-hybridized carbons (Fsp3) is 0.800. The molecule has 4 rings (SSSR count). The zero-order chi connectivity index (χ0) is 17.9. The van der Waals surface area contributed by atoms with E-state index in [9.17, 15) is 24.6 Å². The van der Waals surface area contributed by atoms with E-state index in [4.69, 9.17) is 15.3 Å². The Hall–Kier alpha value is -1.71. The minimum Gasteiger partial charge on any atom is -0.461 e. The average molecular weight is 340 g/mol. The number of hydrogen-bond donors (Lipinski definition) is 3. The van der Waals surface area contributed by atoms with E-state index in [1.54, 1.807) is 20.8 Å². The lowest BCUT2D eigenvalue weighted by Crippen LogP contribution is -2.65. The van der Waals surface area contributed by atoms with Crippen LogP contribution in [0.3, 0.4) is 0 Å². The van der Waals surface area contributed by atoms with Gasteiger partial charge in [0.1, 0.15) is 23.0 Å². The fourth-order valence-electron chi connectivity index (χ4n) is 5.43. The van der Waals surface area contributed by atoms with Crippen LogP contribution in [0.2, 0.25) is 0 Å². The third-order valence-corrected chi connectivity index (χ3v) is 6.54. The summed E-state index contributed by atoms with van der Waals surface area (Å²) in [5, 5.41) is 23.1. The van der Waals surface area contributed by atoms with E-state index in [2.05, 4.69) is 0 Å². The van der Waals surface area contributed by atoms with Crippen molar-refractivity contribution < 1.29 is 34.1 Å². The number of amides is 1. The summed E-state index contributed by atoms with van der Waals surface area (Å²) in [6.45, 7) is 5.19. The Morgan fingerprint density at radius 2 is 1.88 bits per heavy atom. The van der Waals surface area contributed by atoms with E-state index in [1.807, 2.05) is 0 Å². The van der Waals surface area contributed by atoms with Crippen LogP contribution < -0.4 is 5.84 Å². The Balaban J connectivity index is 2.07. The summed E-state index contributed by atoms with van der Waals surface area (Å²) < 4.78 is 10.6. The maximum absolute atomic E-state index is 12.8. The topological polar surface area (TPSA) is 139 Å². The van der Waals surface area contributed by atoms with Crippen LogP contribution in [-0.2, 0) is 23.9 Å². The summed E-state index contributed by atoms with van der Waals surface area (Å²) >= 11 is 0. The van der Waals surface area contributed by atoms with Crippen molar-refractivity contribution in [2.45, 2.75) is 57.6 Å². The zero-order valence-corrected chi connectivity index (χ0v) is 13.6. The minimum absolute atomic E-state index is 0.0774. The molecule has 132 valence electrons. The van der Waals surface area contributed by atoms with Crippen molar-refractivity contribution in [3.63, 3.8) is 0 Å². The van der Waals surface area contributed by atoms with E-state index in [0.29, 0.717) is 5.01 Å². The second-order valence-corrected chi connectivity index (χ2v) is 8.22. The van der Waals surface area contributed by atoms with Gasteiger partial charge < -0.3 is 19.7 Å². The van der Waals surface area contributed by atoms with Gasteiger partial charge in [0.05, 0.1) is 12.0 Å². The molecule has 0 bridgehead atoms. The van der Waals surface area contributed by atoms with Gasteiger partial charge in [-0.05, 0) is 5.41 Å². The molecule has 1 saturated carbocycles. The van der Waals surface area contributed by atoms with E-state index >= 15 is 0 Å². The van der Waals surface area contributed by atoms with Crippen LogP contribution in [0.15, 0.2) is 0 Å². The van der Waals surface area contributed by atoms with Gasteiger partial charge in [-0.3, -0.25) is 14.4 Å². The second kappa shape index (κ2) is 3.92. The lowest BCUT2D eigenvalue weighted by atomic mass is 9.52. The maximum atomic E-state index is 12.8. The van der Waals surface area contributed by atoms with Gasteiger partial charge >= 0.3 is 11.9 Å². The lowest BCUT2D eigenvalue weighted by Gasteiger charge is -2.50. The van der Waals surface area contributed by atoms with Crippen molar-refractivity contribution in [3.8, 4) is 0 Å². The predicted octanol–water partition coefficient (Wildman–Crippen LogP) is -1.58. The number of carbonyl (C=O) groups is 3. The normalized spacial score (nSPS) is 49.8. The SMILES string of the molecule is CC(C)(C)[C@]1(O)C[C@@H]2OC(=O)C[C@@]23C(=O)O[C@@H]2N(N)C(=O)[C@H](O)[C@]213. The van der Waals surface area contributed by atoms with Gasteiger partial charge in [-0.15, -0.1) is 0 Å². The lowest BCUT2D eigenvalue weighted by molar-refractivity contribution is -0.212. The average Bonchev–Trinajstić information content (AvgIpc) is 3.04. The van der Waals surface area contributed by atoms with Gasteiger partial charge in [0.25, 0.3) is 5.91 Å². The van der Waals surface area contributed by atoms with Crippen LogP contribution in [0.5, 0.6) is 0 Å². The maximum Gasteiger partial charge on any atom is 0.319 e. The Bertz CT molecular complexity index is 688. The first-order chi connectivity index (χ1) is 10.9. The number of nitrogens with zero attached hydrogens (tertiary/aromatic N) is 1. The molecule has 9 nitrogen and oxygen atoms in total. The van der Waals surface area contributed by atoms with Gasteiger partial charge in [-0.25, -0.2) is 10.9 Å². The molecule has 1 amide bonds. The Morgan fingerprint density at radius 3 is 2.46 bits per heavy atom. The Labute approximate surface area is 137 Å². The number of hydrogen-bond acceptors (Lipinski definition) is 8. The highest BCUT2D eigenvalue weighted by Gasteiger charge is 2.92. The van der Waals surface area contributed by atoms with Crippen LogP contribution in [0.4, 0.5) is 0 Å². The third-order valence-electron chi connectivity index (χ3n) is 6.54. The molecule has 9 heteroatoms.